The van der Waals surface area contributed by atoms with E-state index in [1.165, 1.54) is 6.07 Å². The molecule has 1 nitrogen and oxygen atoms in total. The van der Waals surface area contributed by atoms with E-state index < -0.39 is 0 Å². The highest BCUT2D eigenvalue weighted by Crippen LogP contribution is 2.31. The summed E-state index contributed by atoms with van der Waals surface area (Å²) in [5.74, 6) is -0.310. The molecule has 0 spiro atoms. The number of nitrogens with zero attached hydrogens (tertiary/aromatic N) is 1. The molecule has 3 aromatic rings. The quantitative estimate of drug-likeness (QED) is 0.607. The van der Waals surface area contributed by atoms with Crippen LogP contribution in [0.2, 0.25) is 5.02 Å². The molecule has 0 N–H and O–H groups in total. The van der Waals surface area contributed by atoms with Crippen molar-refractivity contribution in [2.75, 3.05) is 0 Å². The summed E-state index contributed by atoms with van der Waals surface area (Å²) in [6.45, 7) is 1.91. The molecule has 0 atom stereocenters. The molecule has 0 aliphatic rings. The average molecular weight is 272 g/mol. The monoisotopic (exact) mass is 271 g/mol. The number of halogens is 2. The molecular formula is C16H11ClFN. The summed E-state index contributed by atoms with van der Waals surface area (Å²) in [7, 11) is 0. The number of para-hydroxylation sites is 1. The molecule has 1 heterocycles. The van der Waals surface area contributed by atoms with Gasteiger partial charge in [0, 0.05) is 10.9 Å². The topological polar surface area (TPSA) is 12.9 Å². The van der Waals surface area contributed by atoms with E-state index >= 15 is 0 Å². The number of pyridine rings is 1. The lowest BCUT2D eigenvalue weighted by molar-refractivity contribution is 0.630. The van der Waals surface area contributed by atoms with E-state index in [0.29, 0.717) is 16.3 Å². The Morgan fingerprint density at radius 1 is 1.05 bits per heavy atom. The molecule has 0 radical (unpaired) electrons. The summed E-state index contributed by atoms with van der Waals surface area (Å²) in [6, 6.07) is 14.4. The maximum atomic E-state index is 13.9. The average Bonchev–Trinajstić information content (AvgIpc) is 2.41. The molecule has 0 aliphatic carbocycles. The molecule has 3 heteroatoms. The zero-order chi connectivity index (χ0) is 13.4. The van der Waals surface area contributed by atoms with Gasteiger partial charge in [0.05, 0.1) is 16.2 Å². The number of hydrogen-bond donors (Lipinski definition) is 0. The lowest BCUT2D eigenvalue weighted by Crippen LogP contribution is -1.91. The Bertz CT molecular complexity index is 768. The minimum absolute atomic E-state index is 0.310. The van der Waals surface area contributed by atoms with Crippen molar-refractivity contribution in [1.29, 1.82) is 0 Å². The Labute approximate surface area is 115 Å². The maximum Gasteiger partial charge on any atom is 0.132 e. The van der Waals surface area contributed by atoms with Crippen LogP contribution in [0.1, 0.15) is 5.56 Å². The Morgan fingerprint density at radius 3 is 2.68 bits per heavy atom. The van der Waals surface area contributed by atoms with Crippen LogP contribution in [-0.2, 0) is 0 Å². The van der Waals surface area contributed by atoms with Crippen LogP contribution in [-0.4, -0.2) is 4.98 Å². The van der Waals surface area contributed by atoms with Crippen molar-refractivity contribution < 1.29 is 4.39 Å². The van der Waals surface area contributed by atoms with Crippen LogP contribution in [0.25, 0.3) is 22.2 Å². The summed E-state index contributed by atoms with van der Waals surface area (Å²) in [6.07, 6.45) is 0. The number of aromatic nitrogens is 1. The third-order valence-corrected chi connectivity index (χ3v) is 3.34. The van der Waals surface area contributed by atoms with E-state index in [1.54, 1.807) is 12.1 Å². The van der Waals surface area contributed by atoms with Crippen LogP contribution in [0, 0.1) is 12.7 Å². The number of hydrogen-bond acceptors (Lipinski definition) is 1. The van der Waals surface area contributed by atoms with Gasteiger partial charge in [-0.3, -0.25) is 0 Å². The van der Waals surface area contributed by atoms with Gasteiger partial charge in [0.15, 0.2) is 0 Å². The van der Waals surface area contributed by atoms with E-state index in [4.69, 9.17) is 11.6 Å². The second kappa shape index (κ2) is 4.63. The van der Waals surface area contributed by atoms with Crippen LogP contribution in [0.3, 0.4) is 0 Å². The van der Waals surface area contributed by atoms with E-state index in [2.05, 4.69) is 4.98 Å². The number of aryl methyl sites for hydroxylation is 1. The van der Waals surface area contributed by atoms with Crippen LogP contribution >= 0.6 is 11.6 Å². The van der Waals surface area contributed by atoms with Crippen LogP contribution in [0.15, 0.2) is 48.5 Å². The molecule has 0 amide bonds. The van der Waals surface area contributed by atoms with Gasteiger partial charge in [-0.25, -0.2) is 9.37 Å². The van der Waals surface area contributed by atoms with Gasteiger partial charge in [0.1, 0.15) is 5.82 Å². The maximum absolute atomic E-state index is 13.9. The zero-order valence-corrected chi connectivity index (χ0v) is 11.1. The second-order valence-corrected chi connectivity index (χ2v) is 4.90. The van der Waals surface area contributed by atoms with Crippen molar-refractivity contribution in [2.45, 2.75) is 6.92 Å². The van der Waals surface area contributed by atoms with E-state index in [0.717, 1.165) is 16.5 Å². The minimum atomic E-state index is -0.310. The molecule has 0 saturated carbocycles. The fraction of sp³-hybridized carbons (Fsp3) is 0.0625. The molecule has 0 bridgehead atoms. The van der Waals surface area contributed by atoms with Gasteiger partial charge in [-0.1, -0.05) is 41.4 Å². The van der Waals surface area contributed by atoms with Gasteiger partial charge in [0.2, 0.25) is 0 Å². The molecule has 0 unspecified atom stereocenters. The van der Waals surface area contributed by atoms with Crippen molar-refractivity contribution in [1.82, 2.24) is 4.98 Å². The van der Waals surface area contributed by atoms with Crippen molar-refractivity contribution >= 4 is 22.5 Å². The summed E-state index contributed by atoms with van der Waals surface area (Å²) in [5.41, 5.74) is 2.71. The lowest BCUT2D eigenvalue weighted by atomic mass is 10.1. The minimum Gasteiger partial charge on any atom is -0.246 e. The lowest BCUT2D eigenvalue weighted by Gasteiger charge is -2.08. The van der Waals surface area contributed by atoms with Crippen LogP contribution in [0.4, 0.5) is 4.39 Å². The van der Waals surface area contributed by atoms with Crippen molar-refractivity contribution in [2.24, 2.45) is 0 Å². The summed E-state index contributed by atoms with van der Waals surface area (Å²) >= 11 is 6.23. The van der Waals surface area contributed by atoms with Crippen LogP contribution < -0.4 is 0 Å². The molecule has 1 aromatic heterocycles. The standard InChI is InChI=1S/C16H11ClFN/c1-10-6-7-14(18)12(8-10)16-13(17)9-11-4-2-3-5-15(11)19-16/h2-9H,1H3. The van der Waals surface area contributed by atoms with E-state index in [9.17, 15) is 4.39 Å². The summed E-state index contributed by atoms with van der Waals surface area (Å²) < 4.78 is 13.9. The molecular weight excluding hydrogens is 261 g/mol. The van der Waals surface area contributed by atoms with Gasteiger partial charge >= 0.3 is 0 Å². The first-order valence-corrected chi connectivity index (χ1v) is 6.35. The first-order valence-electron chi connectivity index (χ1n) is 5.97. The first-order chi connectivity index (χ1) is 9.15. The Kier molecular flexibility index (Phi) is 2.96. The fourth-order valence-corrected chi connectivity index (χ4v) is 2.36. The number of fused-ring (bicyclic) bond motifs is 1. The SMILES string of the molecule is Cc1ccc(F)c(-c2nc3ccccc3cc2Cl)c1. The van der Waals surface area contributed by atoms with Gasteiger partial charge in [-0.2, -0.15) is 0 Å². The van der Waals surface area contributed by atoms with Crippen molar-refractivity contribution in [3.8, 4) is 11.3 Å². The third-order valence-electron chi connectivity index (χ3n) is 3.05. The highest BCUT2D eigenvalue weighted by atomic mass is 35.5. The Hall–Kier alpha value is -1.93. The molecule has 94 valence electrons. The molecule has 0 aliphatic heterocycles. The summed E-state index contributed by atoms with van der Waals surface area (Å²) in [5, 5.41) is 1.41. The van der Waals surface area contributed by atoms with Gasteiger partial charge < -0.3 is 0 Å². The highest BCUT2D eigenvalue weighted by molar-refractivity contribution is 6.33. The van der Waals surface area contributed by atoms with Gasteiger partial charge in [0.25, 0.3) is 0 Å². The van der Waals surface area contributed by atoms with E-state index in [-0.39, 0.29) is 5.82 Å². The fourth-order valence-electron chi connectivity index (χ4n) is 2.10. The number of rotatable bonds is 1. The van der Waals surface area contributed by atoms with E-state index in [1.807, 2.05) is 37.3 Å². The Morgan fingerprint density at radius 2 is 1.84 bits per heavy atom. The van der Waals surface area contributed by atoms with Crippen molar-refractivity contribution in [3.63, 3.8) is 0 Å². The summed E-state index contributed by atoms with van der Waals surface area (Å²) in [4.78, 5) is 4.47. The predicted octanol–water partition coefficient (Wildman–Crippen LogP) is 5.00. The smallest absolute Gasteiger partial charge is 0.132 e. The molecule has 19 heavy (non-hydrogen) atoms. The zero-order valence-electron chi connectivity index (χ0n) is 10.3. The highest BCUT2D eigenvalue weighted by Gasteiger charge is 2.12. The number of benzene rings is 2. The van der Waals surface area contributed by atoms with Gasteiger partial charge in [-0.15, -0.1) is 0 Å². The molecule has 3 rings (SSSR count). The second-order valence-electron chi connectivity index (χ2n) is 4.49. The molecule has 0 fully saturated rings. The Balaban J connectivity index is 2.30. The predicted molar refractivity (Wildman–Crippen MR) is 76.9 cm³/mol. The first kappa shape index (κ1) is 12.1. The third kappa shape index (κ3) is 2.20. The van der Waals surface area contributed by atoms with Gasteiger partial charge in [-0.05, 0) is 31.2 Å². The molecule has 2 aromatic carbocycles. The largest absolute Gasteiger partial charge is 0.246 e. The van der Waals surface area contributed by atoms with Crippen LogP contribution in [0.5, 0.6) is 0 Å². The van der Waals surface area contributed by atoms with Crippen molar-refractivity contribution in [3.05, 3.63) is 64.9 Å². The molecule has 0 saturated heterocycles. The normalized spacial score (nSPS) is 10.9.